The number of rotatable bonds is 5. The average Bonchev–Trinajstić information content (AvgIpc) is 3.44. The van der Waals surface area contributed by atoms with Crippen molar-refractivity contribution < 1.29 is 9.32 Å². The molecule has 1 N–H and O–H groups in total. The van der Waals surface area contributed by atoms with Gasteiger partial charge in [-0.1, -0.05) is 41.6 Å². The number of hydrogen-bond acceptors (Lipinski definition) is 7. The number of amides is 1. The van der Waals surface area contributed by atoms with Crippen LogP contribution in [-0.4, -0.2) is 25.6 Å². The van der Waals surface area contributed by atoms with Crippen LogP contribution in [0.25, 0.3) is 32.4 Å². The number of nitrogens with one attached hydrogen (secondary N) is 1. The van der Waals surface area contributed by atoms with Gasteiger partial charge in [-0.15, -0.1) is 11.3 Å². The highest BCUT2D eigenvalue weighted by Gasteiger charge is 2.21. The van der Waals surface area contributed by atoms with E-state index in [1.807, 2.05) is 69.3 Å². The van der Waals surface area contributed by atoms with Gasteiger partial charge in [0.25, 0.3) is 11.4 Å². The van der Waals surface area contributed by atoms with E-state index in [1.165, 1.54) is 22.2 Å². The Balaban J connectivity index is 1.43. The number of carbonyl (C=O) groups excluding carboxylic acids is 1. The molecule has 0 atom stereocenters. The second kappa shape index (κ2) is 8.68. The molecule has 1 amide bonds. The first kappa shape index (κ1) is 21.7. The third-order valence-electron chi connectivity index (χ3n) is 5.67. The van der Waals surface area contributed by atoms with Crippen LogP contribution in [0.2, 0.25) is 0 Å². The molecular formula is C25H21N5O3S. The first-order chi connectivity index (χ1) is 16.4. The summed E-state index contributed by atoms with van der Waals surface area (Å²) in [6.45, 7) is 5.67. The number of hydrogen-bond donors (Lipinski definition) is 1. The summed E-state index contributed by atoms with van der Waals surface area (Å²) in [5.74, 6) is 0.502. The smallest absolute Gasteiger partial charge is 0.268 e. The zero-order valence-electron chi connectivity index (χ0n) is 18.8. The van der Waals surface area contributed by atoms with Gasteiger partial charge in [-0.2, -0.15) is 4.98 Å². The van der Waals surface area contributed by atoms with Gasteiger partial charge >= 0.3 is 0 Å². The maximum atomic E-state index is 13.2. The summed E-state index contributed by atoms with van der Waals surface area (Å²) >= 11 is 1.31. The van der Waals surface area contributed by atoms with Crippen molar-refractivity contribution in [1.29, 1.82) is 0 Å². The fourth-order valence-corrected chi connectivity index (χ4v) is 4.73. The summed E-state index contributed by atoms with van der Waals surface area (Å²) in [7, 11) is 0. The summed E-state index contributed by atoms with van der Waals surface area (Å²) < 4.78 is 6.79. The van der Waals surface area contributed by atoms with Crippen molar-refractivity contribution in [2.45, 2.75) is 27.3 Å². The van der Waals surface area contributed by atoms with Gasteiger partial charge in [-0.25, -0.2) is 4.98 Å². The molecule has 9 heteroatoms. The lowest BCUT2D eigenvalue weighted by molar-refractivity contribution is -0.116. The standard InChI is InChI=1S/C25H21N5O3S/c1-14-9-10-18(11-15(14)2)27-19(31)12-30-13-26-24-20(25(30)32)16(3)21(34-24)23-28-22(29-33-23)17-7-5-4-6-8-17/h4-11,13H,12H2,1-3H3,(H,27,31). The van der Waals surface area contributed by atoms with Crippen LogP contribution >= 0.6 is 11.3 Å². The predicted octanol–water partition coefficient (Wildman–Crippen LogP) is 4.74. The molecule has 2 aromatic carbocycles. The van der Waals surface area contributed by atoms with Crippen LogP contribution < -0.4 is 10.9 Å². The van der Waals surface area contributed by atoms with Gasteiger partial charge in [0, 0.05) is 11.3 Å². The van der Waals surface area contributed by atoms with Crippen LogP contribution in [0, 0.1) is 20.8 Å². The summed E-state index contributed by atoms with van der Waals surface area (Å²) in [6, 6.07) is 15.2. The van der Waals surface area contributed by atoms with Crippen molar-refractivity contribution in [2.24, 2.45) is 0 Å². The molecule has 0 fully saturated rings. The third kappa shape index (κ3) is 4.01. The van der Waals surface area contributed by atoms with Gasteiger partial charge in [0.15, 0.2) is 0 Å². The molecule has 3 aromatic heterocycles. The van der Waals surface area contributed by atoms with Gasteiger partial charge < -0.3 is 9.84 Å². The Morgan fingerprint density at radius 3 is 2.65 bits per heavy atom. The van der Waals surface area contributed by atoms with Crippen LogP contribution in [0.15, 0.2) is 64.2 Å². The van der Waals surface area contributed by atoms with E-state index in [0.717, 1.165) is 16.7 Å². The fraction of sp³-hybridized carbons (Fsp3) is 0.160. The molecule has 0 bridgehead atoms. The van der Waals surface area contributed by atoms with Crippen LogP contribution in [-0.2, 0) is 11.3 Å². The van der Waals surface area contributed by atoms with E-state index in [9.17, 15) is 9.59 Å². The lowest BCUT2D eigenvalue weighted by atomic mass is 10.1. The van der Waals surface area contributed by atoms with Gasteiger partial charge in [-0.3, -0.25) is 14.2 Å². The lowest BCUT2D eigenvalue weighted by Crippen LogP contribution is -2.27. The molecule has 0 unspecified atom stereocenters. The zero-order chi connectivity index (χ0) is 23.8. The first-order valence-electron chi connectivity index (χ1n) is 10.7. The number of fused-ring (bicyclic) bond motifs is 1. The van der Waals surface area contributed by atoms with Crippen LogP contribution in [0.1, 0.15) is 16.7 Å². The fourth-order valence-electron chi connectivity index (χ4n) is 3.67. The molecule has 0 aliphatic rings. The van der Waals surface area contributed by atoms with Gasteiger partial charge in [0.05, 0.1) is 16.6 Å². The predicted molar refractivity (Wildman–Crippen MR) is 132 cm³/mol. The van der Waals surface area contributed by atoms with Gasteiger partial charge in [-0.05, 0) is 49.6 Å². The quantitative estimate of drug-likeness (QED) is 0.397. The molecular weight excluding hydrogens is 450 g/mol. The van der Waals surface area contributed by atoms with Crippen LogP contribution in [0.4, 0.5) is 5.69 Å². The van der Waals surface area contributed by atoms with Crippen molar-refractivity contribution in [2.75, 3.05) is 5.32 Å². The molecule has 170 valence electrons. The van der Waals surface area contributed by atoms with E-state index < -0.39 is 0 Å². The second-order valence-corrected chi connectivity index (χ2v) is 9.05. The molecule has 34 heavy (non-hydrogen) atoms. The van der Waals surface area contributed by atoms with E-state index in [-0.39, 0.29) is 18.0 Å². The minimum Gasteiger partial charge on any atom is -0.333 e. The SMILES string of the molecule is Cc1ccc(NC(=O)Cn2cnc3sc(-c4nc(-c5ccccc5)no4)c(C)c3c2=O)cc1C. The maximum absolute atomic E-state index is 13.2. The minimum atomic E-state index is -0.302. The van der Waals surface area contributed by atoms with Crippen molar-refractivity contribution >= 4 is 33.1 Å². The summed E-state index contributed by atoms with van der Waals surface area (Å²) in [4.78, 5) is 35.9. The number of carbonyl (C=O) groups is 1. The highest BCUT2D eigenvalue weighted by Crippen LogP contribution is 2.35. The number of aromatic nitrogens is 4. The first-order valence-corrected chi connectivity index (χ1v) is 11.5. The molecule has 0 aliphatic heterocycles. The van der Waals surface area contributed by atoms with E-state index in [4.69, 9.17) is 4.52 Å². The number of thiophene rings is 1. The van der Waals surface area contributed by atoms with Crippen molar-refractivity contribution in [3.05, 3.63) is 81.9 Å². The molecule has 5 aromatic rings. The Morgan fingerprint density at radius 2 is 1.88 bits per heavy atom. The number of benzene rings is 2. The molecule has 5 rings (SSSR count). The Labute approximate surface area is 198 Å². The summed E-state index contributed by atoms with van der Waals surface area (Å²) in [5, 5.41) is 7.35. The molecule has 0 aliphatic carbocycles. The summed E-state index contributed by atoms with van der Waals surface area (Å²) in [6.07, 6.45) is 1.40. The number of aryl methyl sites for hydroxylation is 3. The highest BCUT2D eigenvalue weighted by molar-refractivity contribution is 7.22. The van der Waals surface area contributed by atoms with Crippen LogP contribution in [0.5, 0.6) is 0 Å². The number of nitrogens with zero attached hydrogens (tertiary/aromatic N) is 4. The Bertz CT molecular complexity index is 1580. The molecule has 3 heterocycles. The Hall–Kier alpha value is -4.11. The van der Waals surface area contributed by atoms with E-state index in [0.29, 0.717) is 38.1 Å². The molecule has 0 saturated heterocycles. The normalized spacial score (nSPS) is 11.1. The molecule has 8 nitrogen and oxygen atoms in total. The van der Waals surface area contributed by atoms with Crippen molar-refractivity contribution in [1.82, 2.24) is 19.7 Å². The molecule has 0 spiro atoms. The van der Waals surface area contributed by atoms with Gasteiger partial charge in [0.2, 0.25) is 11.7 Å². The minimum absolute atomic E-state index is 0.141. The average molecular weight is 472 g/mol. The van der Waals surface area contributed by atoms with Gasteiger partial charge in [0.1, 0.15) is 11.4 Å². The van der Waals surface area contributed by atoms with Crippen LogP contribution in [0.3, 0.4) is 0 Å². The van der Waals surface area contributed by atoms with E-state index >= 15 is 0 Å². The third-order valence-corrected chi connectivity index (χ3v) is 6.86. The summed E-state index contributed by atoms with van der Waals surface area (Å²) in [5.41, 5.74) is 4.16. The maximum Gasteiger partial charge on any atom is 0.268 e. The topological polar surface area (TPSA) is 103 Å². The Morgan fingerprint density at radius 1 is 1.09 bits per heavy atom. The molecule has 0 radical (unpaired) electrons. The zero-order valence-corrected chi connectivity index (χ0v) is 19.6. The van der Waals surface area contributed by atoms with E-state index in [1.54, 1.807) is 0 Å². The largest absolute Gasteiger partial charge is 0.333 e. The Kier molecular flexibility index (Phi) is 5.54. The van der Waals surface area contributed by atoms with Crippen molar-refractivity contribution in [3.8, 4) is 22.2 Å². The lowest BCUT2D eigenvalue weighted by Gasteiger charge is -2.09. The number of anilines is 1. The second-order valence-electron chi connectivity index (χ2n) is 8.05. The highest BCUT2D eigenvalue weighted by atomic mass is 32.1. The van der Waals surface area contributed by atoms with Crippen molar-refractivity contribution in [3.63, 3.8) is 0 Å². The molecule has 0 saturated carbocycles. The van der Waals surface area contributed by atoms with E-state index in [2.05, 4.69) is 20.4 Å². The monoisotopic (exact) mass is 471 g/mol.